The first kappa shape index (κ1) is 29.1. The zero-order chi connectivity index (χ0) is 32.1. The lowest BCUT2D eigenvalue weighted by atomic mass is 9.75. The molecule has 8 rings (SSSR count). The van der Waals surface area contributed by atoms with Crippen molar-refractivity contribution in [3.8, 4) is 45.3 Å². The number of thiophene rings is 1. The maximum Gasteiger partial charge on any atom is 0.160 e. The summed E-state index contributed by atoms with van der Waals surface area (Å²) < 4.78 is 9.33. The lowest BCUT2D eigenvalue weighted by molar-refractivity contribution is 0.424. The second kappa shape index (κ2) is 11.5. The van der Waals surface area contributed by atoms with Gasteiger partial charge in [0.2, 0.25) is 0 Å². The van der Waals surface area contributed by atoms with Crippen molar-refractivity contribution < 1.29 is 4.74 Å². The molecule has 3 nitrogen and oxygen atoms in total. The van der Waals surface area contributed by atoms with Crippen LogP contribution in [0.4, 0.5) is 0 Å². The van der Waals surface area contributed by atoms with Crippen molar-refractivity contribution in [3.63, 3.8) is 0 Å². The van der Waals surface area contributed by atoms with Crippen LogP contribution < -0.4 is 4.74 Å². The summed E-state index contributed by atoms with van der Waals surface area (Å²) in [5.41, 5.74) is 9.34. The standard InChI is InChI=1S/C43H34N2OS/c1-5-6-13-27(2)36-26-37(28-14-8-7-9-15-28)45-42(44-36)31-17-12-16-29(24-31)30-20-22-34-38(25-30)46-40-35(43(34,3)4)23-21-33-32-18-10-11-19-39(32)47-41(33)40/h5-26H,1-4H3/b6-5-,27-13+. The summed E-state index contributed by atoms with van der Waals surface area (Å²) in [6.07, 6.45) is 6.17. The van der Waals surface area contributed by atoms with Crippen molar-refractivity contribution in [3.05, 3.63) is 150 Å². The molecule has 228 valence electrons. The highest BCUT2D eigenvalue weighted by Crippen LogP contribution is 2.53. The number of ether oxygens (including phenoxy) is 1. The zero-order valence-electron chi connectivity index (χ0n) is 26.9. The largest absolute Gasteiger partial charge is 0.455 e. The Morgan fingerprint density at radius 1 is 0.702 bits per heavy atom. The van der Waals surface area contributed by atoms with E-state index >= 15 is 0 Å². The summed E-state index contributed by atoms with van der Waals surface area (Å²) in [4.78, 5) is 10.1. The average Bonchev–Trinajstić information content (AvgIpc) is 3.50. The van der Waals surface area contributed by atoms with Gasteiger partial charge in [-0.3, -0.25) is 0 Å². The molecule has 0 fully saturated rings. The van der Waals surface area contributed by atoms with E-state index in [-0.39, 0.29) is 5.41 Å². The lowest BCUT2D eigenvalue weighted by Crippen LogP contribution is -2.24. The first-order chi connectivity index (χ1) is 22.9. The SMILES string of the molecule is C/C=C\C=C(/C)c1cc(-c2ccccc2)nc(-c2cccc(-c3ccc4c(c3)Oc3c(ccc5c3sc3ccccc35)C4(C)C)c2)n1. The highest BCUT2D eigenvalue weighted by Gasteiger charge is 2.36. The van der Waals surface area contributed by atoms with Gasteiger partial charge in [-0.25, -0.2) is 9.97 Å². The van der Waals surface area contributed by atoms with Crippen LogP contribution in [0.5, 0.6) is 11.5 Å². The van der Waals surface area contributed by atoms with E-state index in [9.17, 15) is 0 Å². The van der Waals surface area contributed by atoms with Gasteiger partial charge in [0, 0.05) is 43.1 Å². The van der Waals surface area contributed by atoms with Crippen molar-refractivity contribution in [1.82, 2.24) is 9.97 Å². The third-order valence-electron chi connectivity index (χ3n) is 9.23. The number of hydrogen-bond donors (Lipinski definition) is 0. The third-order valence-corrected chi connectivity index (χ3v) is 10.4. The van der Waals surface area contributed by atoms with E-state index in [0.29, 0.717) is 5.82 Å². The number of benzene rings is 5. The van der Waals surface area contributed by atoms with Crippen molar-refractivity contribution >= 4 is 37.1 Å². The number of rotatable bonds is 5. The maximum absolute atomic E-state index is 6.85. The Morgan fingerprint density at radius 2 is 1.45 bits per heavy atom. The molecule has 0 bridgehead atoms. The first-order valence-electron chi connectivity index (χ1n) is 16.0. The summed E-state index contributed by atoms with van der Waals surface area (Å²) in [5, 5.41) is 2.53. The van der Waals surface area contributed by atoms with E-state index in [1.165, 1.54) is 31.3 Å². The van der Waals surface area contributed by atoms with Crippen LogP contribution in [-0.2, 0) is 5.41 Å². The van der Waals surface area contributed by atoms with Crippen LogP contribution in [0.25, 0.3) is 59.5 Å². The number of aromatic nitrogens is 2. The monoisotopic (exact) mass is 626 g/mol. The minimum Gasteiger partial charge on any atom is -0.455 e. The number of nitrogens with zero attached hydrogens (tertiary/aromatic N) is 2. The quantitative estimate of drug-likeness (QED) is 0.178. The van der Waals surface area contributed by atoms with Crippen molar-refractivity contribution in [2.24, 2.45) is 0 Å². The Labute approximate surface area is 279 Å². The molecule has 5 aromatic carbocycles. The number of allylic oxidation sites excluding steroid dienone is 4. The van der Waals surface area contributed by atoms with Crippen LogP contribution in [0.2, 0.25) is 0 Å². The molecule has 0 radical (unpaired) electrons. The van der Waals surface area contributed by atoms with Gasteiger partial charge in [-0.1, -0.05) is 123 Å². The summed E-state index contributed by atoms with van der Waals surface area (Å²) >= 11 is 1.81. The molecule has 1 aliphatic rings. The highest BCUT2D eigenvalue weighted by atomic mass is 32.1. The van der Waals surface area contributed by atoms with E-state index < -0.39 is 0 Å². The van der Waals surface area contributed by atoms with Gasteiger partial charge >= 0.3 is 0 Å². The van der Waals surface area contributed by atoms with Gasteiger partial charge in [0.25, 0.3) is 0 Å². The van der Waals surface area contributed by atoms with Crippen molar-refractivity contribution in [1.29, 1.82) is 0 Å². The molecule has 1 aliphatic heterocycles. The van der Waals surface area contributed by atoms with Crippen LogP contribution in [0.3, 0.4) is 0 Å². The molecule has 4 heteroatoms. The maximum atomic E-state index is 6.85. The fourth-order valence-corrected chi connectivity index (χ4v) is 7.80. The summed E-state index contributed by atoms with van der Waals surface area (Å²) in [6, 6.07) is 40.7. The van der Waals surface area contributed by atoms with Gasteiger partial charge in [0.05, 0.1) is 16.1 Å². The topological polar surface area (TPSA) is 35.0 Å². The van der Waals surface area contributed by atoms with Gasteiger partial charge in [0.15, 0.2) is 5.82 Å². The fraction of sp³-hybridized carbons (Fsp3) is 0.116. The summed E-state index contributed by atoms with van der Waals surface area (Å²) in [6.45, 7) is 8.71. The molecule has 0 atom stereocenters. The van der Waals surface area contributed by atoms with E-state index in [0.717, 1.165) is 50.7 Å². The van der Waals surface area contributed by atoms with Gasteiger partial charge in [0.1, 0.15) is 11.5 Å². The predicted octanol–water partition coefficient (Wildman–Crippen LogP) is 12.3. The molecule has 0 saturated heterocycles. The van der Waals surface area contributed by atoms with E-state index in [4.69, 9.17) is 14.7 Å². The predicted molar refractivity (Wildman–Crippen MR) is 198 cm³/mol. The van der Waals surface area contributed by atoms with Crippen LogP contribution in [-0.4, -0.2) is 9.97 Å². The van der Waals surface area contributed by atoms with Crippen molar-refractivity contribution in [2.75, 3.05) is 0 Å². The highest BCUT2D eigenvalue weighted by molar-refractivity contribution is 7.26. The minimum absolute atomic E-state index is 0.200. The summed E-state index contributed by atoms with van der Waals surface area (Å²) in [5.74, 6) is 2.59. The smallest absolute Gasteiger partial charge is 0.160 e. The molecule has 47 heavy (non-hydrogen) atoms. The molecule has 0 aliphatic carbocycles. The Bertz CT molecular complexity index is 2380. The Morgan fingerprint density at radius 3 is 2.30 bits per heavy atom. The normalized spacial score (nSPS) is 13.9. The van der Waals surface area contributed by atoms with E-state index in [1.54, 1.807) is 0 Å². The minimum atomic E-state index is -0.200. The zero-order valence-corrected chi connectivity index (χ0v) is 27.7. The van der Waals surface area contributed by atoms with Crippen LogP contribution in [0, 0.1) is 0 Å². The number of fused-ring (bicyclic) bond motifs is 6. The second-order valence-electron chi connectivity index (χ2n) is 12.6. The molecule has 3 heterocycles. The number of hydrogen-bond acceptors (Lipinski definition) is 4. The molecular formula is C43H34N2OS. The Kier molecular flexibility index (Phi) is 7.11. The summed E-state index contributed by atoms with van der Waals surface area (Å²) in [7, 11) is 0. The third kappa shape index (κ3) is 5.06. The van der Waals surface area contributed by atoms with E-state index in [1.807, 2.05) is 48.6 Å². The van der Waals surface area contributed by atoms with Gasteiger partial charge in [-0.05, 0) is 54.8 Å². The van der Waals surface area contributed by atoms with Crippen LogP contribution >= 0.6 is 11.3 Å². The Hall–Kier alpha value is -5.32. The molecule has 2 aromatic heterocycles. The molecular weight excluding hydrogens is 593 g/mol. The van der Waals surface area contributed by atoms with Crippen LogP contribution in [0.1, 0.15) is 44.5 Å². The molecule has 0 unspecified atom stereocenters. The van der Waals surface area contributed by atoms with Crippen molar-refractivity contribution in [2.45, 2.75) is 33.1 Å². The first-order valence-corrected chi connectivity index (χ1v) is 16.8. The second-order valence-corrected chi connectivity index (χ2v) is 13.7. The Balaban J connectivity index is 1.21. The molecule has 0 spiro atoms. The van der Waals surface area contributed by atoms with Gasteiger partial charge < -0.3 is 4.74 Å². The molecule has 0 saturated carbocycles. The van der Waals surface area contributed by atoms with Gasteiger partial charge in [-0.15, -0.1) is 11.3 Å². The van der Waals surface area contributed by atoms with Crippen LogP contribution in [0.15, 0.2) is 133 Å². The van der Waals surface area contributed by atoms with E-state index in [2.05, 4.69) is 124 Å². The molecule has 7 aromatic rings. The average molecular weight is 627 g/mol. The molecule has 0 amide bonds. The molecule has 0 N–H and O–H groups in total. The van der Waals surface area contributed by atoms with Gasteiger partial charge in [-0.2, -0.15) is 0 Å². The lowest BCUT2D eigenvalue weighted by Gasteiger charge is -2.35. The fourth-order valence-electron chi connectivity index (χ4n) is 6.61.